The average molecular weight is 169 g/mol. The molecule has 0 aromatic heterocycles. The van der Waals surface area contributed by atoms with Crippen molar-refractivity contribution in [1.82, 2.24) is 0 Å². The number of hydrogen-bond donors (Lipinski definition) is 0. The Kier molecular flexibility index (Phi) is 6.31. The highest BCUT2D eigenvalue weighted by Gasteiger charge is 1.94. The van der Waals surface area contributed by atoms with Crippen molar-refractivity contribution in [3.05, 3.63) is 0 Å². The molecule has 0 heterocycles. The van der Waals surface area contributed by atoms with E-state index in [-0.39, 0.29) is 0 Å². The van der Waals surface area contributed by atoms with Crippen molar-refractivity contribution in [2.45, 2.75) is 19.8 Å². The van der Waals surface area contributed by atoms with Gasteiger partial charge in [-0.15, -0.1) is 0 Å². The molecule has 0 spiro atoms. The number of carbonyl (C=O) groups is 1. The van der Waals surface area contributed by atoms with Gasteiger partial charge in [-0.25, -0.2) is 4.79 Å². The van der Waals surface area contributed by atoms with Crippen LogP contribution in [0.4, 0.5) is 4.79 Å². The molecular weight excluding hydrogens is 160 g/mol. The van der Waals surface area contributed by atoms with Gasteiger partial charge in [0.25, 0.3) is 0 Å². The zero-order valence-corrected chi connectivity index (χ0v) is 6.80. The van der Waals surface area contributed by atoms with Crippen LogP contribution in [-0.4, -0.2) is 11.2 Å². The number of unbranched alkanes of at least 4 members (excludes halogenated alkanes) is 1. The molecular formula is C5H9ClO2S. The summed E-state index contributed by atoms with van der Waals surface area (Å²) in [4.78, 5) is 9.93. The second-order valence-electron chi connectivity index (χ2n) is 1.50. The normalized spacial score (nSPS) is 9.11. The number of rotatable bonds is 4. The highest BCUT2D eigenvalue weighted by Crippen LogP contribution is 2.07. The molecule has 54 valence electrons. The standard InChI is InChI=1S/C5H9ClO2S/c1-2-3-4-9-8-5(6)7/h2-4H2,1H3. The van der Waals surface area contributed by atoms with E-state index < -0.39 is 5.43 Å². The molecule has 9 heavy (non-hydrogen) atoms. The molecule has 4 heteroatoms. The molecule has 0 aromatic carbocycles. The Hall–Kier alpha value is 0.110. The van der Waals surface area contributed by atoms with Gasteiger partial charge in [-0.2, -0.15) is 0 Å². The molecule has 0 saturated carbocycles. The second kappa shape index (κ2) is 6.23. The molecule has 2 nitrogen and oxygen atoms in total. The van der Waals surface area contributed by atoms with E-state index in [1.54, 1.807) is 0 Å². The van der Waals surface area contributed by atoms with Crippen molar-refractivity contribution in [2.24, 2.45) is 0 Å². The van der Waals surface area contributed by atoms with Gasteiger partial charge in [0, 0.05) is 17.4 Å². The fourth-order valence-corrected chi connectivity index (χ4v) is 1.01. The molecule has 0 N–H and O–H groups in total. The van der Waals surface area contributed by atoms with E-state index in [0.717, 1.165) is 30.6 Å². The lowest BCUT2D eigenvalue weighted by atomic mass is 10.4. The van der Waals surface area contributed by atoms with Gasteiger partial charge in [0.05, 0.1) is 12.0 Å². The summed E-state index contributed by atoms with van der Waals surface area (Å²) < 4.78 is 4.39. The maximum atomic E-state index is 9.93. The molecule has 0 aliphatic rings. The van der Waals surface area contributed by atoms with E-state index in [1.165, 1.54) is 0 Å². The Labute approximate surface area is 64.1 Å². The zero-order chi connectivity index (χ0) is 7.11. The smallest absolute Gasteiger partial charge is 0.379 e. The van der Waals surface area contributed by atoms with Crippen LogP contribution in [0.5, 0.6) is 0 Å². The van der Waals surface area contributed by atoms with Crippen LogP contribution in [0.2, 0.25) is 0 Å². The first-order valence-corrected chi connectivity index (χ1v) is 4.05. The first kappa shape index (κ1) is 9.11. The van der Waals surface area contributed by atoms with E-state index >= 15 is 0 Å². The third-order valence-electron chi connectivity index (χ3n) is 0.706. The van der Waals surface area contributed by atoms with Crippen LogP contribution >= 0.6 is 23.6 Å². The largest absolute Gasteiger partial charge is 0.415 e. The first-order chi connectivity index (χ1) is 4.27. The van der Waals surface area contributed by atoms with Gasteiger partial charge in [0.2, 0.25) is 0 Å². The van der Waals surface area contributed by atoms with Crippen LogP contribution in [0, 0.1) is 0 Å². The Bertz CT molecular complexity index is 87.0. The highest BCUT2D eigenvalue weighted by molar-refractivity contribution is 7.95. The molecule has 0 amide bonds. The summed E-state index contributed by atoms with van der Waals surface area (Å²) in [5.74, 6) is 0.828. The van der Waals surface area contributed by atoms with E-state index in [0.29, 0.717) is 0 Å². The molecule has 0 aliphatic carbocycles. The van der Waals surface area contributed by atoms with Gasteiger partial charge in [-0.3, -0.25) is 0 Å². The third kappa shape index (κ3) is 8.11. The second-order valence-corrected chi connectivity index (χ2v) is 2.62. The summed E-state index contributed by atoms with van der Waals surface area (Å²) in [5, 5.41) is 0. The predicted octanol–water partition coefficient (Wildman–Crippen LogP) is 2.81. The van der Waals surface area contributed by atoms with Crippen LogP contribution in [0.3, 0.4) is 0 Å². The quantitative estimate of drug-likeness (QED) is 0.367. The van der Waals surface area contributed by atoms with Crippen molar-refractivity contribution in [2.75, 3.05) is 5.75 Å². The molecule has 0 rings (SSSR count). The molecule has 0 fully saturated rings. The molecule has 0 bridgehead atoms. The first-order valence-electron chi connectivity index (χ1n) is 2.76. The number of hydrogen-bond acceptors (Lipinski definition) is 3. The van der Waals surface area contributed by atoms with E-state index in [9.17, 15) is 4.79 Å². The summed E-state index contributed by atoms with van der Waals surface area (Å²) in [6, 6.07) is 0. The van der Waals surface area contributed by atoms with E-state index in [4.69, 9.17) is 11.6 Å². The summed E-state index contributed by atoms with van der Waals surface area (Å²) in [6.07, 6.45) is 2.15. The van der Waals surface area contributed by atoms with Crippen LogP contribution in [0.15, 0.2) is 0 Å². The minimum atomic E-state index is -0.740. The van der Waals surface area contributed by atoms with Crippen molar-refractivity contribution in [3.63, 3.8) is 0 Å². The maximum absolute atomic E-state index is 9.93. The van der Waals surface area contributed by atoms with Crippen LogP contribution < -0.4 is 0 Å². The lowest BCUT2D eigenvalue weighted by Crippen LogP contribution is -1.84. The van der Waals surface area contributed by atoms with Gasteiger partial charge in [-0.1, -0.05) is 13.3 Å². The van der Waals surface area contributed by atoms with Gasteiger partial charge in [-0.05, 0) is 6.42 Å². The third-order valence-corrected chi connectivity index (χ3v) is 1.60. The Morgan fingerprint density at radius 1 is 1.78 bits per heavy atom. The maximum Gasteiger partial charge on any atom is 0.415 e. The minimum absolute atomic E-state index is 0.740. The fraction of sp³-hybridized carbons (Fsp3) is 0.800. The van der Waals surface area contributed by atoms with Crippen LogP contribution in [-0.2, 0) is 4.18 Å². The lowest BCUT2D eigenvalue weighted by molar-refractivity contribution is 0.232. The summed E-state index contributed by atoms with van der Waals surface area (Å²) in [5.41, 5.74) is -0.740. The number of halogens is 1. The summed E-state index contributed by atoms with van der Waals surface area (Å²) >= 11 is 5.98. The average Bonchev–Trinajstić information content (AvgIpc) is 1.80. The predicted molar refractivity (Wildman–Crippen MR) is 39.7 cm³/mol. The summed E-state index contributed by atoms with van der Waals surface area (Å²) in [7, 11) is 0. The minimum Gasteiger partial charge on any atom is -0.379 e. The topological polar surface area (TPSA) is 26.3 Å². The van der Waals surface area contributed by atoms with Gasteiger partial charge >= 0.3 is 5.43 Å². The monoisotopic (exact) mass is 168 g/mol. The van der Waals surface area contributed by atoms with Crippen LogP contribution in [0.1, 0.15) is 19.8 Å². The molecule has 0 aromatic rings. The number of carbonyl (C=O) groups excluding carboxylic acids is 1. The Morgan fingerprint density at radius 3 is 2.89 bits per heavy atom. The van der Waals surface area contributed by atoms with E-state index in [2.05, 4.69) is 11.1 Å². The molecule has 0 atom stereocenters. The van der Waals surface area contributed by atoms with Gasteiger partial charge in [0.1, 0.15) is 0 Å². The Balaban J connectivity index is 2.83. The lowest BCUT2D eigenvalue weighted by Gasteiger charge is -1.94. The van der Waals surface area contributed by atoms with Crippen molar-refractivity contribution >= 4 is 29.1 Å². The van der Waals surface area contributed by atoms with Crippen molar-refractivity contribution in [1.29, 1.82) is 0 Å². The molecule has 0 unspecified atom stereocenters. The summed E-state index contributed by atoms with van der Waals surface area (Å²) in [6.45, 7) is 2.07. The molecule has 0 saturated heterocycles. The highest BCUT2D eigenvalue weighted by atomic mass is 35.5. The van der Waals surface area contributed by atoms with Crippen LogP contribution in [0.25, 0.3) is 0 Å². The zero-order valence-electron chi connectivity index (χ0n) is 5.22. The SMILES string of the molecule is CCCCSOC(=O)Cl. The Morgan fingerprint density at radius 2 is 2.44 bits per heavy atom. The molecule has 0 radical (unpaired) electrons. The van der Waals surface area contributed by atoms with E-state index in [1.807, 2.05) is 0 Å². The van der Waals surface area contributed by atoms with Crippen molar-refractivity contribution < 1.29 is 8.98 Å². The van der Waals surface area contributed by atoms with Gasteiger partial charge < -0.3 is 4.18 Å². The molecule has 0 aliphatic heterocycles. The van der Waals surface area contributed by atoms with Crippen molar-refractivity contribution in [3.8, 4) is 0 Å². The fourth-order valence-electron chi connectivity index (χ4n) is 0.291. The van der Waals surface area contributed by atoms with Gasteiger partial charge in [0.15, 0.2) is 0 Å².